The summed E-state index contributed by atoms with van der Waals surface area (Å²) in [6, 6.07) is 2.96. The highest BCUT2D eigenvalue weighted by molar-refractivity contribution is 7.22. The van der Waals surface area contributed by atoms with Gasteiger partial charge in [-0.2, -0.15) is 23.1 Å². The molecule has 5 heterocycles. The molecule has 0 bridgehead atoms. The van der Waals surface area contributed by atoms with Crippen LogP contribution in [0.3, 0.4) is 0 Å². The zero-order valence-corrected chi connectivity index (χ0v) is 26.1. The van der Waals surface area contributed by atoms with Crippen molar-refractivity contribution in [1.82, 2.24) is 24.8 Å². The lowest BCUT2D eigenvalue weighted by atomic mass is 9.95. The van der Waals surface area contributed by atoms with Crippen LogP contribution in [0.25, 0.3) is 32.2 Å². The quantitative estimate of drug-likeness (QED) is 0.242. The lowest BCUT2D eigenvalue weighted by Crippen LogP contribution is -2.49. The monoisotopic (exact) mass is 665 g/mol. The highest BCUT2D eigenvalue weighted by Gasteiger charge is 2.49. The average molecular weight is 666 g/mol. The number of rotatable bonds is 6. The van der Waals surface area contributed by atoms with Gasteiger partial charge in [-0.05, 0) is 51.4 Å². The zero-order valence-electron chi connectivity index (χ0n) is 25.3. The fraction of sp³-hybridized carbons (Fsp3) is 0.516. The molecule has 2 aromatic carbocycles. The van der Waals surface area contributed by atoms with Crippen LogP contribution in [0.15, 0.2) is 18.2 Å². The number of hydrogen-bond acceptors (Lipinski definition) is 9. The molecule has 46 heavy (non-hydrogen) atoms. The first-order valence-electron chi connectivity index (χ1n) is 15.3. The molecule has 2 aromatic heterocycles. The molecular formula is C31H33F6N7OS. The first-order valence-corrected chi connectivity index (χ1v) is 16.1. The van der Waals surface area contributed by atoms with Crippen molar-refractivity contribution < 1.29 is 31.1 Å². The maximum atomic E-state index is 16.8. The van der Waals surface area contributed by atoms with Crippen LogP contribution < -0.4 is 15.4 Å². The van der Waals surface area contributed by atoms with E-state index in [0.29, 0.717) is 32.7 Å². The Labute approximate surface area is 265 Å². The van der Waals surface area contributed by atoms with Crippen molar-refractivity contribution in [3.8, 4) is 17.1 Å². The van der Waals surface area contributed by atoms with E-state index in [9.17, 15) is 22.0 Å². The minimum Gasteiger partial charge on any atom is -0.461 e. The molecular weight excluding hydrogens is 632 g/mol. The standard InChI is InChI=1S/C31H33F6N7OS/c1-16(2)42-8-10-43(11-9-42)27-19-12-20(31(35,36)37)22(18-4-5-21(33)26-25(18)39-28(38)46-26)23(34)24(19)40-29(41-27)45-15-30-6-3-7-44(30)14-17(32)13-30/h4-5,12,16-17H,3,6-11,13-15H2,1-2H3,(H2,38,39)/t17-,30+/m1/s1. The number of nitrogens with zero attached hydrogens (tertiary/aromatic N) is 6. The van der Waals surface area contributed by atoms with Crippen LogP contribution in [0.2, 0.25) is 0 Å². The Morgan fingerprint density at radius 1 is 1.07 bits per heavy atom. The summed E-state index contributed by atoms with van der Waals surface area (Å²) in [7, 11) is 0. The number of nitrogens with two attached hydrogens (primary N) is 1. The molecule has 246 valence electrons. The van der Waals surface area contributed by atoms with Crippen LogP contribution in [0, 0.1) is 11.6 Å². The Balaban J connectivity index is 1.40. The SMILES string of the molecule is CC(C)N1CCN(c2nc(OC[C@@]34CCCN3C[C@H](F)C4)nc3c(F)c(-c4ccc(F)c5sc(N)nc45)c(C(F)(F)F)cc23)CC1. The van der Waals surface area contributed by atoms with E-state index in [1.54, 1.807) is 0 Å². The summed E-state index contributed by atoms with van der Waals surface area (Å²) in [6.45, 7) is 7.35. The Kier molecular flexibility index (Phi) is 7.71. The summed E-state index contributed by atoms with van der Waals surface area (Å²) in [6.07, 6.45) is -4.11. The lowest BCUT2D eigenvalue weighted by molar-refractivity contribution is -0.137. The molecule has 0 aliphatic carbocycles. The van der Waals surface area contributed by atoms with Crippen LogP contribution in [0.4, 0.5) is 37.3 Å². The van der Waals surface area contributed by atoms with Gasteiger partial charge >= 0.3 is 12.2 Å². The largest absolute Gasteiger partial charge is 0.461 e. The van der Waals surface area contributed by atoms with Gasteiger partial charge in [-0.3, -0.25) is 9.80 Å². The summed E-state index contributed by atoms with van der Waals surface area (Å²) in [4.78, 5) is 19.1. The number of fused-ring (bicyclic) bond motifs is 3. The summed E-state index contributed by atoms with van der Waals surface area (Å²) in [5.74, 6) is -1.87. The fourth-order valence-electron chi connectivity index (χ4n) is 7.28. The summed E-state index contributed by atoms with van der Waals surface area (Å²) in [5, 5.41) is -0.194. The van der Waals surface area contributed by atoms with E-state index in [2.05, 4.69) is 38.6 Å². The van der Waals surface area contributed by atoms with Crippen LogP contribution in [0.5, 0.6) is 6.01 Å². The second kappa shape index (κ2) is 11.4. The second-order valence-electron chi connectivity index (χ2n) is 12.6. The van der Waals surface area contributed by atoms with Crippen molar-refractivity contribution >= 4 is 43.4 Å². The van der Waals surface area contributed by atoms with Crippen molar-refractivity contribution in [3.63, 3.8) is 0 Å². The molecule has 3 aliphatic rings. The van der Waals surface area contributed by atoms with Gasteiger partial charge in [0.1, 0.15) is 29.9 Å². The van der Waals surface area contributed by atoms with Crippen molar-refractivity contribution in [3.05, 3.63) is 35.4 Å². The molecule has 4 aromatic rings. The smallest absolute Gasteiger partial charge is 0.417 e. The normalized spacial score (nSPS) is 22.9. The summed E-state index contributed by atoms with van der Waals surface area (Å²) in [5.41, 5.74) is 2.36. The van der Waals surface area contributed by atoms with E-state index in [-0.39, 0.29) is 62.7 Å². The average Bonchev–Trinajstić information content (AvgIpc) is 3.67. The highest BCUT2D eigenvalue weighted by atomic mass is 32.1. The predicted octanol–water partition coefficient (Wildman–Crippen LogP) is 6.27. The molecule has 0 amide bonds. The Bertz CT molecular complexity index is 1810. The number of nitrogen functional groups attached to an aromatic ring is 1. The molecule has 7 rings (SSSR count). The Hall–Kier alpha value is -3.43. The first-order chi connectivity index (χ1) is 21.8. The van der Waals surface area contributed by atoms with Crippen LogP contribution in [-0.4, -0.2) is 88.4 Å². The summed E-state index contributed by atoms with van der Waals surface area (Å²) >= 11 is 0.763. The molecule has 3 aliphatic heterocycles. The molecule has 0 spiro atoms. The highest BCUT2D eigenvalue weighted by Crippen LogP contribution is 2.46. The fourth-order valence-corrected chi connectivity index (χ4v) is 8.04. The van der Waals surface area contributed by atoms with Crippen molar-refractivity contribution in [2.45, 2.75) is 57.0 Å². The molecule has 8 nitrogen and oxygen atoms in total. The molecule has 3 fully saturated rings. The zero-order chi connectivity index (χ0) is 32.5. The van der Waals surface area contributed by atoms with E-state index in [4.69, 9.17) is 10.5 Å². The van der Waals surface area contributed by atoms with E-state index in [1.165, 1.54) is 0 Å². The number of thiazole rings is 1. The number of benzene rings is 2. The number of alkyl halides is 4. The van der Waals surface area contributed by atoms with Crippen molar-refractivity contribution in [2.24, 2.45) is 0 Å². The van der Waals surface area contributed by atoms with Gasteiger partial charge < -0.3 is 15.4 Å². The third kappa shape index (κ3) is 5.29. The van der Waals surface area contributed by atoms with Gasteiger partial charge in [0, 0.05) is 61.7 Å². The third-order valence-corrected chi connectivity index (χ3v) is 10.4. The number of ether oxygens (including phenoxy) is 1. The molecule has 0 unspecified atom stereocenters. The maximum Gasteiger partial charge on any atom is 0.417 e. The van der Waals surface area contributed by atoms with E-state index in [1.807, 2.05) is 4.90 Å². The second-order valence-corrected chi connectivity index (χ2v) is 13.7. The van der Waals surface area contributed by atoms with Crippen molar-refractivity contribution in [1.29, 1.82) is 0 Å². The predicted molar refractivity (Wildman–Crippen MR) is 165 cm³/mol. The maximum absolute atomic E-state index is 16.8. The van der Waals surface area contributed by atoms with E-state index < -0.39 is 40.6 Å². The number of anilines is 2. The molecule has 3 saturated heterocycles. The summed E-state index contributed by atoms with van der Waals surface area (Å²) < 4.78 is 96.2. The van der Waals surface area contributed by atoms with Gasteiger partial charge in [0.2, 0.25) is 0 Å². The lowest BCUT2D eigenvalue weighted by Gasteiger charge is -2.38. The van der Waals surface area contributed by atoms with Crippen LogP contribution in [-0.2, 0) is 6.18 Å². The minimum absolute atomic E-state index is 0.0608. The van der Waals surface area contributed by atoms with Gasteiger partial charge in [0.15, 0.2) is 10.9 Å². The minimum atomic E-state index is -4.99. The molecule has 0 saturated carbocycles. The van der Waals surface area contributed by atoms with Gasteiger partial charge in [-0.25, -0.2) is 18.2 Å². The number of aromatic nitrogens is 3. The Morgan fingerprint density at radius 3 is 2.54 bits per heavy atom. The van der Waals surface area contributed by atoms with Gasteiger partial charge in [0.05, 0.1) is 21.3 Å². The number of halogens is 6. The van der Waals surface area contributed by atoms with Crippen LogP contribution in [0.1, 0.15) is 38.7 Å². The molecule has 0 radical (unpaired) electrons. The Morgan fingerprint density at radius 2 is 1.83 bits per heavy atom. The topological polar surface area (TPSA) is 83.6 Å². The molecule has 15 heteroatoms. The van der Waals surface area contributed by atoms with E-state index in [0.717, 1.165) is 48.9 Å². The number of hydrogen-bond donors (Lipinski definition) is 1. The molecule has 2 N–H and O–H groups in total. The van der Waals surface area contributed by atoms with E-state index >= 15 is 4.39 Å². The molecule has 2 atom stereocenters. The first kappa shape index (κ1) is 31.2. The number of piperazine rings is 1. The van der Waals surface area contributed by atoms with Gasteiger partial charge in [-0.15, -0.1) is 0 Å². The van der Waals surface area contributed by atoms with Crippen LogP contribution >= 0.6 is 11.3 Å². The van der Waals surface area contributed by atoms with Crippen molar-refractivity contribution in [2.75, 3.05) is 56.5 Å². The van der Waals surface area contributed by atoms with Gasteiger partial charge in [-0.1, -0.05) is 11.3 Å². The van der Waals surface area contributed by atoms with Gasteiger partial charge in [0.25, 0.3) is 0 Å². The third-order valence-electron chi connectivity index (χ3n) is 9.55.